The summed E-state index contributed by atoms with van der Waals surface area (Å²) in [4.78, 5) is 12.2. The van der Waals surface area contributed by atoms with Crippen LogP contribution in [-0.2, 0) is 13.9 Å². The fourth-order valence-electron chi connectivity index (χ4n) is 3.53. The Morgan fingerprint density at radius 3 is 2.57 bits per heavy atom. The zero-order chi connectivity index (χ0) is 20.7. The minimum absolute atomic E-state index is 0.0510. The van der Waals surface area contributed by atoms with Gasteiger partial charge in [0.05, 0.1) is 11.7 Å². The van der Waals surface area contributed by atoms with Gasteiger partial charge in [-0.15, -0.1) is 0 Å². The van der Waals surface area contributed by atoms with Crippen LogP contribution >= 0.6 is 0 Å². The van der Waals surface area contributed by atoms with Crippen molar-refractivity contribution in [1.29, 1.82) is 0 Å². The molecule has 4 nitrogen and oxygen atoms in total. The maximum Gasteiger partial charge on any atom is 0.338 e. The molecule has 0 radical (unpaired) electrons. The van der Waals surface area contributed by atoms with Crippen LogP contribution in [-0.4, -0.2) is 44.9 Å². The fraction of sp³-hybridized carbons (Fsp3) is 0.591. The van der Waals surface area contributed by atoms with Gasteiger partial charge in [0.15, 0.2) is 8.32 Å². The van der Waals surface area contributed by atoms with Crippen LogP contribution in [0.2, 0.25) is 18.1 Å². The van der Waals surface area contributed by atoms with Crippen molar-refractivity contribution >= 4 is 14.3 Å². The van der Waals surface area contributed by atoms with E-state index < -0.39 is 26.1 Å². The van der Waals surface area contributed by atoms with Crippen LogP contribution in [0.25, 0.3) is 0 Å². The molecule has 0 bridgehead atoms. The summed E-state index contributed by atoms with van der Waals surface area (Å²) in [6.45, 7) is 14.9. The highest BCUT2D eigenvalue weighted by molar-refractivity contribution is 6.74. The largest absolute Gasteiger partial charge is 0.459 e. The zero-order valence-corrected chi connectivity index (χ0v) is 18.5. The van der Waals surface area contributed by atoms with Crippen LogP contribution in [0.15, 0.2) is 42.5 Å². The van der Waals surface area contributed by atoms with Gasteiger partial charge in [0.1, 0.15) is 24.5 Å². The number of carbonyl (C=O) groups is 1. The third kappa shape index (κ3) is 4.09. The molecule has 154 valence electrons. The van der Waals surface area contributed by atoms with Crippen LogP contribution in [0.3, 0.4) is 0 Å². The second-order valence-electron chi connectivity index (χ2n) is 9.39. The number of ether oxygens (including phenoxy) is 2. The van der Waals surface area contributed by atoms with Crippen molar-refractivity contribution in [2.24, 2.45) is 0 Å². The molecular weight excluding hydrogens is 375 g/mol. The summed E-state index contributed by atoms with van der Waals surface area (Å²) in [6, 6.07) is 8.81. The minimum atomic E-state index is -2.02. The summed E-state index contributed by atoms with van der Waals surface area (Å²) < 4.78 is 32.4. The van der Waals surface area contributed by atoms with Crippen LogP contribution in [0.5, 0.6) is 0 Å². The van der Waals surface area contributed by atoms with E-state index in [1.165, 1.54) is 0 Å². The van der Waals surface area contributed by atoms with Crippen molar-refractivity contribution < 1.29 is 23.1 Å². The third-order valence-corrected chi connectivity index (χ3v) is 10.9. The first kappa shape index (κ1) is 21.2. The van der Waals surface area contributed by atoms with Gasteiger partial charge in [-0.2, -0.15) is 0 Å². The van der Waals surface area contributed by atoms with E-state index >= 15 is 0 Å². The van der Waals surface area contributed by atoms with Crippen LogP contribution in [0, 0.1) is 0 Å². The zero-order valence-electron chi connectivity index (χ0n) is 17.5. The van der Waals surface area contributed by atoms with Gasteiger partial charge in [0.2, 0.25) is 0 Å². The Morgan fingerprint density at radius 1 is 1.32 bits per heavy atom. The average Bonchev–Trinajstić information content (AvgIpc) is 3.30. The minimum Gasteiger partial charge on any atom is -0.459 e. The predicted molar refractivity (Wildman–Crippen MR) is 110 cm³/mol. The monoisotopic (exact) mass is 406 g/mol. The highest BCUT2D eigenvalue weighted by atomic mass is 28.4. The number of rotatable bonds is 5. The molecule has 1 heterocycles. The van der Waals surface area contributed by atoms with Crippen molar-refractivity contribution in [1.82, 2.24) is 0 Å². The summed E-state index contributed by atoms with van der Waals surface area (Å²) in [6.07, 6.45) is -0.870. The fourth-order valence-corrected chi connectivity index (χ4v) is 4.90. The molecule has 1 saturated carbocycles. The van der Waals surface area contributed by atoms with Crippen LogP contribution in [0.1, 0.15) is 44.0 Å². The second-order valence-corrected chi connectivity index (χ2v) is 14.1. The molecule has 1 aliphatic heterocycles. The van der Waals surface area contributed by atoms with E-state index in [2.05, 4.69) is 40.4 Å². The number of halogens is 1. The second kappa shape index (κ2) is 7.39. The molecule has 1 aliphatic carbocycles. The Morgan fingerprint density at radius 2 is 1.96 bits per heavy atom. The smallest absolute Gasteiger partial charge is 0.338 e. The number of hydrogen-bond acceptors (Lipinski definition) is 4. The topological polar surface area (TPSA) is 48.1 Å². The van der Waals surface area contributed by atoms with Crippen molar-refractivity contribution in [3.8, 4) is 0 Å². The molecule has 3 rings (SSSR count). The maximum atomic E-state index is 14.7. The number of epoxide rings is 1. The summed E-state index contributed by atoms with van der Waals surface area (Å²) in [5.74, 6) is -0.404. The maximum absolute atomic E-state index is 14.7. The molecule has 0 N–H and O–H groups in total. The number of esters is 1. The van der Waals surface area contributed by atoms with E-state index in [1.54, 1.807) is 24.3 Å². The lowest BCUT2D eigenvalue weighted by atomic mass is 9.80. The number of carbonyl (C=O) groups excluding carboxylic acids is 1. The highest BCUT2D eigenvalue weighted by Gasteiger charge is 2.64. The van der Waals surface area contributed by atoms with Crippen molar-refractivity contribution in [2.45, 2.75) is 75.7 Å². The van der Waals surface area contributed by atoms with E-state index in [0.29, 0.717) is 24.0 Å². The summed E-state index contributed by atoms with van der Waals surface area (Å²) in [5.41, 5.74) is 0.160. The SMILES string of the molecule is C=C1[C@@H](F)C[C@H](O[Si](C)(C)C(C)(C)C)CC12O[C@@H]2COC(=O)c1ccccc1. The molecule has 1 saturated heterocycles. The number of alkyl halides is 1. The average molecular weight is 407 g/mol. The Kier molecular flexibility index (Phi) is 5.60. The van der Waals surface area contributed by atoms with E-state index in [-0.39, 0.29) is 23.9 Å². The first-order valence-electron chi connectivity index (χ1n) is 9.87. The van der Waals surface area contributed by atoms with Gasteiger partial charge < -0.3 is 13.9 Å². The third-order valence-electron chi connectivity index (χ3n) is 6.38. The highest BCUT2D eigenvalue weighted by Crippen LogP contribution is 2.53. The van der Waals surface area contributed by atoms with E-state index in [1.807, 2.05) is 6.07 Å². The molecule has 1 aromatic carbocycles. The molecule has 1 spiro atoms. The van der Waals surface area contributed by atoms with Gasteiger partial charge in [-0.25, -0.2) is 9.18 Å². The Bertz CT molecular complexity index is 743. The van der Waals surface area contributed by atoms with Gasteiger partial charge in [-0.1, -0.05) is 45.5 Å². The molecule has 2 aliphatic rings. The van der Waals surface area contributed by atoms with Crippen LogP contribution in [0.4, 0.5) is 4.39 Å². The first-order valence-corrected chi connectivity index (χ1v) is 12.8. The van der Waals surface area contributed by atoms with Gasteiger partial charge in [0, 0.05) is 12.8 Å². The lowest BCUT2D eigenvalue weighted by Gasteiger charge is -2.42. The molecule has 1 aromatic rings. The Hall–Kier alpha value is -1.50. The molecule has 0 aromatic heterocycles. The molecule has 4 atom stereocenters. The standard InChI is InChI=1S/C22H31FO4Si/c1-15-18(23)12-17(27-28(5,6)21(2,3)4)13-22(15)19(26-22)14-25-20(24)16-10-8-7-9-11-16/h7-11,17-19H,1,12-14H2,2-6H3/t17-,18-,19+,22?/m0/s1. The Balaban J connectivity index is 1.63. The summed E-state index contributed by atoms with van der Waals surface area (Å²) >= 11 is 0. The van der Waals surface area contributed by atoms with E-state index in [0.717, 1.165) is 0 Å². The van der Waals surface area contributed by atoms with Gasteiger partial charge >= 0.3 is 5.97 Å². The molecule has 6 heteroatoms. The van der Waals surface area contributed by atoms with Crippen molar-refractivity contribution in [2.75, 3.05) is 6.61 Å². The van der Waals surface area contributed by atoms with Crippen molar-refractivity contribution in [3.63, 3.8) is 0 Å². The normalized spacial score (nSPS) is 30.4. The lowest BCUT2D eigenvalue weighted by Crippen LogP contribution is -2.48. The Labute approximate surface area is 168 Å². The predicted octanol–water partition coefficient (Wildman–Crippen LogP) is 5.06. The van der Waals surface area contributed by atoms with Gasteiger partial charge in [-0.05, 0) is 35.8 Å². The van der Waals surface area contributed by atoms with Gasteiger partial charge in [0.25, 0.3) is 0 Å². The summed E-state index contributed by atoms with van der Waals surface area (Å²) in [5, 5.41) is 0.0510. The molecule has 2 fully saturated rings. The lowest BCUT2D eigenvalue weighted by molar-refractivity contribution is 0.0476. The van der Waals surface area contributed by atoms with Gasteiger partial charge in [-0.3, -0.25) is 0 Å². The van der Waals surface area contributed by atoms with Crippen LogP contribution < -0.4 is 0 Å². The number of hydrogen-bond donors (Lipinski definition) is 0. The molecular formula is C22H31FO4Si. The molecule has 1 unspecified atom stereocenters. The molecule has 28 heavy (non-hydrogen) atoms. The summed E-state index contributed by atoms with van der Waals surface area (Å²) in [7, 11) is -2.02. The van der Waals surface area contributed by atoms with Crippen molar-refractivity contribution in [3.05, 3.63) is 48.0 Å². The quantitative estimate of drug-likeness (QED) is 0.297. The van der Waals surface area contributed by atoms with E-state index in [9.17, 15) is 9.18 Å². The first-order chi connectivity index (χ1) is 13.0. The molecule has 0 amide bonds. The van der Waals surface area contributed by atoms with E-state index in [4.69, 9.17) is 13.9 Å². The number of benzene rings is 1.